The van der Waals surface area contributed by atoms with E-state index in [0.29, 0.717) is 12.4 Å². The van der Waals surface area contributed by atoms with Crippen LogP contribution in [0.5, 0.6) is 0 Å². The van der Waals surface area contributed by atoms with Gasteiger partial charge in [-0.15, -0.1) is 11.3 Å². The monoisotopic (exact) mass is 481 g/mol. The van der Waals surface area contributed by atoms with Gasteiger partial charge in [-0.25, -0.2) is 9.97 Å². The molecule has 152 valence electrons. The average molecular weight is 482 g/mol. The molecule has 0 saturated carbocycles. The molecule has 1 amide bonds. The fraction of sp³-hybridized carbons (Fsp3) is 0.136. The van der Waals surface area contributed by atoms with E-state index in [1.807, 2.05) is 35.0 Å². The van der Waals surface area contributed by atoms with Crippen molar-refractivity contribution in [3.63, 3.8) is 0 Å². The summed E-state index contributed by atoms with van der Waals surface area (Å²) >= 11 is 5.07. The van der Waals surface area contributed by atoms with Crippen LogP contribution in [0.2, 0.25) is 0 Å². The topological polar surface area (TPSA) is 85.8 Å². The fourth-order valence-corrected chi connectivity index (χ4v) is 4.51. The number of fused-ring (bicyclic) bond motifs is 1. The third-order valence-corrected chi connectivity index (χ3v) is 6.23. The average Bonchev–Trinajstić information content (AvgIpc) is 3.42. The number of thiophene rings is 1. The Morgan fingerprint density at radius 2 is 2.13 bits per heavy atom. The first-order valence-electron chi connectivity index (χ1n) is 9.45. The number of rotatable bonds is 7. The highest BCUT2D eigenvalue weighted by molar-refractivity contribution is 9.10. The van der Waals surface area contributed by atoms with E-state index >= 15 is 0 Å². The summed E-state index contributed by atoms with van der Waals surface area (Å²) in [7, 11) is 0. The quantitative estimate of drug-likeness (QED) is 0.295. The zero-order valence-corrected chi connectivity index (χ0v) is 18.5. The van der Waals surface area contributed by atoms with E-state index in [0.717, 1.165) is 44.2 Å². The van der Waals surface area contributed by atoms with Crippen LogP contribution in [-0.4, -0.2) is 27.0 Å². The van der Waals surface area contributed by atoms with Crippen molar-refractivity contribution in [3.05, 3.63) is 70.7 Å². The molecule has 0 radical (unpaired) electrons. The van der Waals surface area contributed by atoms with Gasteiger partial charge in [0.05, 0.1) is 6.33 Å². The Labute approximate surface area is 186 Å². The summed E-state index contributed by atoms with van der Waals surface area (Å²) < 4.78 is 4.03. The molecular formula is C22H20BrN5OS. The Kier molecular flexibility index (Phi) is 6.25. The van der Waals surface area contributed by atoms with Crippen LogP contribution < -0.4 is 11.1 Å². The Hall–Kier alpha value is -2.97. The summed E-state index contributed by atoms with van der Waals surface area (Å²) in [6.45, 7) is 1.42. The summed E-state index contributed by atoms with van der Waals surface area (Å²) in [5, 5.41) is 5.91. The smallest absolute Gasteiger partial charge is 0.244 e. The highest BCUT2D eigenvalue weighted by Crippen LogP contribution is 2.39. The van der Waals surface area contributed by atoms with Crippen LogP contribution in [0.15, 0.2) is 65.1 Å². The summed E-state index contributed by atoms with van der Waals surface area (Å²) in [5.74, 6) is 0.362. The van der Waals surface area contributed by atoms with Gasteiger partial charge in [-0.2, -0.15) is 0 Å². The van der Waals surface area contributed by atoms with Crippen molar-refractivity contribution in [2.24, 2.45) is 0 Å². The Morgan fingerprint density at radius 3 is 2.90 bits per heavy atom. The first kappa shape index (κ1) is 20.3. The second kappa shape index (κ2) is 9.23. The molecule has 8 heteroatoms. The van der Waals surface area contributed by atoms with Crippen LogP contribution in [0.25, 0.3) is 27.3 Å². The van der Waals surface area contributed by atoms with Gasteiger partial charge in [0.2, 0.25) is 5.91 Å². The van der Waals surface area contributed by atoms with Crippen LogP contribution in [0, 0.1) is 0 Å². The molecule has 1 aromatic carbocycles. The number of benzene rings is 1. The lowest BCUT2D eigenvalue weighted by molar-refractivity contribution is -0.116. The van der Waals surface area contributed by atoms with E-state index in [1.165, 1.54) is 0 Å². The molecule has 3 aromatic heterocycles. The van der Waals surface area contributed by atoms with E-state index in [4.69, 9.17) is 5.73 Å². The number of aromatic nitrogens is 3. The molecule has 0 atom stereocenters. The second-order valence-electron chi connectivity index (χ2n) is 6.74. The van der Waals surface area contributed by atoms with Crippen LogP contribution in [-0.2, 0) is 11.3 Å². The number of imidazole rings is 1. The van der Waals surface area contributed by atoms with Crippen LogP contribution >= 0.6 is 27.3 Å². The van der Waals surface area contributed by atoms with Crippen molar-refractivity contribution in [1.29, 1.82) is 0 Å². The number of nitrogens with one attached hydrogen (secondary N) is 1. The van der Waals surface area contributed by atoms with E-state index < -0.39 is 0 Å². The molecular weight excluding hydrogens is 462 g/mol. The molecule has 0 aliphatic rings. The van der Waals surface area contributed by atoms with Crippen molar-refractivity contribution in [1.82, 2.24) is 19.9 Å². The molecule has 4 rings (SSSR count). The number of aryl methyl sites for hydroxylation is 1. The van der Waals surface area contributed by atoms with Crippen molar-refractivity contribution in [2.45, 2.75) is 13.0 Å². The Bertz CT molecular complexity index is 1180. The fourth-order valence-electron chi connectivity index (χ4n) is 3.16. The molecule has 0 fully saturated rings. The number of carbonyl (C=O) groups is 1. The molecule has 0 aliphatic heterocycles. The van der Waals surface area contributed by atoms with Gasteiger partial charge in [0.1, 0.15) is 5.82 Å². The van der Waals surface area contributed by atoms with E-state index in [-0.39, 0.29) is 5.91 Å². The van der Waals surface area contributed by atoms with Gasteiger partial charge in [0.15, 0.2) is 0 Å². The minimum atomic E-state index is -0.129. The minimum absolute atomic E-state index is 0.129. The number of carbonyl (C=O) groups excluding carboxylic acids is 1. The van der Waals surface area contributed by atoms with E-state index in [1.54, 1.807) is 42.2 Å². The number of pyridine rings is 1. The molecule has 6 nitrogen and oxygen atoms in total. The summed E-state index contributed by atoms with van der Waals surface area (Å²) in [6, 6.07) is 8.10. The van der Waals surface area contributed by atoms with Gasteiger partial charge in [-0.05, 0) is 35.6 Å². The molecule has 4 aromatic rings. The number of nitrogen functional groups attached to an aromatic ring is 1. The maximum absolute atomic E-state index is 12.2. The second-order valence-corrected chi connectivity index (χ2v) is 8.53. The zero-order chi connectivity index (χ0) is 20.9. The molecule has 3 N–H and O–H groups in total. The largest absolute Gasteiger partial charge is 0.383 e. The predicted octanol–water partition coefficient (Wildman–Crippen LogP) is 4.72. The highest BCUT2D eigenvalue weighted by Gasteiger charge is 2.13. The molecule has 0 aliphatic carbocycles. The number of nitrogens with two attached hydrogens (primary N) is 1. The number of hydrogen-bond donors (Lipinski definition) is 2. The van der Waals surface area contributed by atoms with Gasteiger partial charge < -0.3 is 15.6 Å². The highest BCUT2D eigenvalue weighted by atomic mass is 79.9. The first-order valence-corrected chi connectivity index (χ1v) is 11.1. The Balaban J connectivity index is 1.47. The molecule has 30 heavy (non-hydrogen) atoms. The number of anilines is 1. The van der Waals surface area contributed by atoms with Crippen LogP contribution in [0.4, 0.5) is 5.82 Å². The van der Waals surface area contributed by atoms with Gasteiger partial charge in [0, 0.05) is 63.4 Å². The van der Waals surface area contributed by atoms with Crippen molar-refractivity contribution < 1.29 is 4.79 Å². The summed E-state index contributed by atoms with van der Waals surface area (Å²) in [5.41, 5.74) is 9.19. The zero-order valence-electron chi connectivity index (χ0n) is 16.1. The van der Waals surface area contributed by atoms with E-state index in [2.05, 4.69) is 36.6 Å². The number of hydrogen-bond acceptors (Lipinski definition) is 5. The SMILES string of the molecule is Nc1ncc(/C=C/C(=O)NCCCn2ccnc2)c2scc(-c3ccc(Br)cc3)c12. The summed E-state index contributed by atoms with van der Waals surface area (Å²) in [4.78, 5) is 20.5. The van der Waals surface area contributed by atoms with E-state index in [9.17, 15) is 4.79 Å². The predicted molar refractivity (Wildman–Crippen MR) is 126 cm³/mol. The lowest BCUT2D eigenvalue weighted by atomic mass is 10.0. The van der Waals surface area contributed by atoms with Crippen molar-refractivity contribution >= 4 is 55.2 Å². The van der Waals surface area contributed by atoms with Crippen molar-refractivity contribution in [3.8, 4) is 11.1 Å². The van der Waals surface area contributed by atoms with Gasteiger partial charge in [0.25, 0.3) is 0 Å². The van der Waals surface area contributed by atoms with Gasteiger partial charge >= 0.3 is 0 Å². The number of amides is 1. The first-order chi connectivity index (χ1) is 14.6. The van der Waals surface area contributed by atoms with Gasteiger partial charge in [-0.3, -0.25) is 4.79 Å². The maximum atomic E-state index is 12.2. The summed E-state index contributed by atoms with van der Waals surface area (Å²) in [6.07, 6.45) is 11.3. The lowest BCUT2D eigenvalue weighted by Crippen LogP contribution is -2.22. The van der Waals surface area contributed by atoms with Gasteiger partial charge in [-0.1, -0.05) is 28.1 Å². The third-order valence-electron chi connectivity index (χ3n) is 4.67. The maximum Gasteiger partial charge on any atom is 0.244 e. The molecule has 0 unspecified atom stereocenters. The van der Waals surface area contributed by atoms with Crippen LogP contribution in [0.1, 0.15) is 12.0 Å². The third kappa shape index (κ3) is 4.60. The van der Waals surface area contributed by atoms with Crippen molar-refractivity contribution in [2.75, 3.05) is 12.3 Å². The normalized spacial score (nSPS) is 11.4. The van der Waals surface area contributed by atoms with Crippen LogP contribution in [0.3, 0.4) is 0 Å². The number of nitrogens with zero attached hydrogens (tertiary/aromatic N) is 3. The molecule has 0 spiro atoms. The number of halogens is 1. The lowest BCUT2D eigenvalue weighted by Gasteiger charge is -2.05. The standard InChI is InChI=1S/C22H20BrN5OS/c23-17-5-2-15(3-6-17)18-13-30-21-16(12-27-22(24)20(18)21)4-7-19(29)26-8-1-10-28-11-9-25-14-28/h2-7,9,11-14H,1,8,10H2,(H2,24,27)(H,26,29)/b7-4+. The minimum Gasteiger partial charge on any atom is -0.383 e. The molecule has 0 bridgehead atoms. The molecule has 3 heterocycles. The Morgan fingerprint density at radius 1 is 1.30 bits per heavy atom. The molecule has 0 saturated heterocycles.